The molecule has 0 aromatic heterocycles. The Balaban J connectivity index is 2.00. The standard InChI is InChI=1S/C15H18ClN3O4/c1-19(7-6-13(20)21)15(23)18-10-4-5-12(16)11(8-10)14(22)17-9-2-3-9/h4-5,8-9H,2-3,6-7H2,1H3,(H,17,22)(H,18,23)(H,20,21). The van der Waals surface area contributed by atoms with Crippen LogP contribution in [0.25, 0.3) is 0 Å². The van der Waals surface area contributed by atoms with Gasteiger partial charge in [0, 0.05) is 25.3 Å². The second-order valence-electron chi connectivity index (χ2n) is 5.44. The lowest BCUT2D eigenvalue weighted by Gasteiger charge is -2.17. The van der Waals surface area contributed by atoms with Crippen LogP contribution in [-0.2, 0) is 4.79 Å². The van der Waals surface area contributed by atoms with E-state index in [1.165, 1.54) is 24.1 Å². The molecule has 3 amide bonds. The van der Waals surface area contributed by atoms with Gasteiger partial charge in [-0.15, -0.1) is 0 Å². The number of carboxylic acids is 1. The minimum atomic E-state index is -0.977. The van der Waals surface area contributed by atoms with Gasteiger partial charge in [0.15, 0.2) is 0 Å². The Morgan fingerprint density at radius 2 is 2.04 bits per heavy atom. The van der Waals surface area contributed by atoms with Gasteiger partial charge in [0.1, 0.15) is 0 Å². The molecule has 0 atom stereocenters. The molecule has 1 aliphatic carbocycles. The maximum absolute atomic E-state index is 12.1. The van der Waals surface area contributed by atoms with Crippen molar-refractivity contribution in [2.75, 3.05) is 18.9 Å². The molecule has 1 aromatic carbocycles. The zero-order valence-corrected chi connectivity index (χ0v) is 13.4. The van der Waals surface area contributed by atoms with Crippen molar-refractivity contribution in [1.82, 2.24) is 10.2 Å². The molecule has 0 radical (unpaired) electrons. The number of carboxylic acid groups (broad SMARTS) is 1. The molecule has 7 nitrogen and oxygen atoms in total. The fourth-order valence-corrected chi connectivity index (χ4v) is 2.06. The fraction of sp³-hybridized carbons (Fsp3) is 0.400. The van der Waals surface area contributed by atoms with Gasteiger partial charge in [0.2, 0.25) is 0 Å². The number of aliphatic carboxylic acids is 1. The van der Waals surface area contributed by atoms with Gasteiger partial charge in [-0.2, -0.15) is 0 Å². The van der Waals surface area contributed by atoms with E-state index in [4.69, 9.17) is 16.7 Å². The van der Waals surface area contributed by atoms with E-state index in [-0.39, 0.29) is 24.9 Å². The summed E-state index contributed by atoms with van der Waals surface area (Å²) >= 11 is 6.03. The summed E-state index contributed by atoms with van der Waals surface area (Å²) in [5, 5.41) is 14.4. The number of carbonyl (C=O) groups excluding carboxylic acids is 2. The van der Waals surface area contributed by atoms with Crippen LogP contribution in [0.1, 0.15) is 29.6 Å². The lowest BCUT2D eigenvalue weighted by Crippen LogP contribution is -2.33. The zero-order chi connectivity index (χ0) is 17.0. The summed E-state index contributed by atoms with van der Waals surface area (Å²) in [6.07, 6.45) is 1.79. The van der Waals surface area contributed by atoms with Gasteiger partial charge >= 0.3 is 12.0 Å². The fourth-order valence-electron chi connectivity index (χ4n) is 1.85. The highest BCUT2D eigenvalue weighted by molar-refractivity contribution is 6.34. The van der Waals surface area contributed by atoms with Crippen LogP contribution in [0.15, 0.2) is 18.2 Å². The van der Waals surface area contributed by atoms with E-state index in [0.29, 0.717) is 16.3 Å². The highest BCUT2D eigenvalue weighted by atomic mass is 35.5. The predicted molar refractivity (Wildman–Crippen MR) is 85.8 cm³/mol. The van der Waals surface area contributed by atoms with Crippen LogP contribution in [0.4, 0.5) is 10.5 Å². The average molecular weight is 340 g/mol. The summed E-state index contributed by atoms with van der Waals surface area (Å²) in [6.45, 7) is 0.0871. The minimum Gasteiger partial charge on any atom is -0.481 e. The van der Waals surface area contributed by atoms with E-state index in [0.717, 1.165) is 12.8 Å². The Hall–Kier alpha value is -2.28. The monoisotopic (exact) mass is 339 g/mol. The van der Waals surface area contributed by atoms with Crippen LogP contribution >= 0.6 is 11.6 Å². The topological polar surface area (TPSA) is 98.7 Å². The molecule has 3 N–H and O–H groups in total. The van der Waals surface area contributed by atoms with Crippen molar-refractivity contribution in [3.63, 3.8) is 0 Å². The third-order valence-electron chi connectivity index (χ3n) is 3.38. The van der Waals surface area contributed by atoms with Crippen LogP contribution in [0.3, 0.4) is 0 Å². The van der Waals surface area contributed by atoms with Gasteiger partial charge in [0.05, 0.1) is 17.0 Å². The SMILES string of the molecule is CN(CCC(=O)O)C(=O)Nc1ccc(Cl)c(C(=O)NC2CC2)c1. The van der Waals surface area contributed by atoms with Crippen molar-refractivity contribution in [2.45, 2.75) is 25.3 Å². The first-order chi connectivity index (χ1) is 10.9. The van der Waals surface area contributed by atoms with Gasteiger partial charge in [-0.1, -0.05) is 11.6 Å². The van der Waals surface area contributed by atoms with Crippen molar-refractivity contribution < 1.29 is 19.5 Å². The van der Waals surface area contributed by atoms with Gasteiger partial charge < -0.3 is 20.6 Å². The summed E-state index contributed by atoms with van der Waals surface area (Å²) in [7, 11) is 1.49. The highest BCUT2D eigenvalue weighted by Gasteiger charge is 2.25. The number of hydrogen-bond donors (Lipinski definition) is 3. The number of rotatable bonds is 6. The molecule has 1 fully saturated rings. The molecule has 0 spiro atoms. The van der Waals surface area contributed by atoms with Crippen LogP contribution in [0.5, 0.6) is 0 Å². The molecule has 23 heavy (non-hydrogen) atoms. The number of urea groups is 1. The van der Waals surface area contributed by atoms with E-state index < -0.39 is 12.0 Å². The molecule has 8 heteroatoms. The molecule has 0 unspecified atom stereocenters. The molecule has 0 heterocycles. The first-order valence-electron chi connectivity index (χ1n) is 7.21. The first-order valence-corrected chi connectivity index (χ1v) is 7.59. The maximum Gasteiger partial charge on any atom is 0.321 e. The van der Waals surface area contributed by atoms with Crippen LogP contribution in [-0.4, -0.2) is 47.5 Å². The molecule has 0 bridgehead atoms. The molecule has 124 valence electrons. The quantitative estimate of drug-likeness (QED) is 0.739. The Bertz CT molecular complexity index is 631. The smallest absolute Gasteiger partial charge is 0.321 e. The van der Waals surface area contributed by atoms with Gasteiger partial charge in [0.25, 0.3) is 5.91 Å². The molecular weight excluding hydrogens is 322 g/mol. The zero-order valence-electron chi connectivity index (χ0n) is 12.6. The van der Waals surface area contributed by atoms with Gasteiger partial charge in [-0.05, 0) is 31.0 Å². The number of hydrogen-bond acceptors (Lipinski definition) is 3. The van der Waals surface area contributed by atoms with Crippen molar-refractivity contribution in [2.24, 2.45) is 0 Å². The van der Waals surface area contributed by atoms with E-state index in [9.17, 15) is 14.4 Å². The average Bonchev–Trinajstić information content (AvgIpc) is 3.30. The number of nitrogens with zero attached hydrogens (tertiary/aromatic N) is 1. The number of nitrogens with one attached hydrogen (secondary N) is 2. The summed E-state index contributed by atoms with van der Waals surface area (Å²) in [4.78, 5) is 35.8. The van der Waals surface area contributed by atoms with Crippen molar-refractivity contribution in [3.05, 3.63) is 28.8 Å². The molecule has 1 aliphatic rings. The van der Waals surface area contributed by atoms with Crippen molar-refractivity contribution in [1.29, 1.82) is 0 Å². The van der Waals surface area contributed by atoms with Crippen LogP contribution in [0.2, 0.25) is 5.02 Å². The third-order valence-corrected chi connectivity index (χ3v) is 3.71. The Labute approximate surface area is 138 Å². The Kier molecular flexibility index (Phi) is 5.44. The summed E-state index contributed by atoms with van der Waals surface area (Å²) in [5.41, 5.74) is 0.715. The lowest BCUT2D eigenvalue weighted by molar-refractivity contribution is -0.137. The number of amides is 3. The highest BCUT2D eigenvalue weighted by Crippen LogP contribution is 2.24. The van der Waals surface area contributed by atoms with Crippen LogP contribution < -0.4 is 10.6 Å². The van der Waals surface area contributed by atoms with Crippen molar-refractivity contribution in [3.8, 4) is 0 Å². The van der Waals surface area contributed by atoms with E-state index in [1.54, 1.807) is 6.07 Å². The molecule has 1 saturated carbocycles. The number of carbonyl (C=O) groups is 3. The van der Waals surface area contributed by atoms with E-state index in [1.807, 2.05) is 0 Å². The summed E-state index contributed by atoms with van der Waals surface area (Å²) in [6, 6.07) is 4.37. The number of halogens is 1. The first kappa shape index (κ1) is 17.1. The predicted octanol–water partition coefficient (Wildman–Crippen LogP) is 2.17. The third kappa shape index (κ3) is 5.14. The maximum atomic E-state index is 12.1. The molecule has 0 aliphatic heterocycles. The lowest BCUT2D eigenvalue weighted by atomic mass is 10.2. The van der Waals surface area contributed by atoms with Gasteiger partial charge in [-0.25, -0.2) is 4.79 Å². The molecular formula is C15H18ClN3O4. The van der Waals surface area contributed by atoms with Crippen molar-refractivity contribution >= 4 is 35.2 Å². The van der Waals surface area contributed by atoms with E-state index in [2.05, 4.69) is 10.6 Å². The molecule has 1 aromatic rings. The Morgan fingerprint density at radius 1 is 1.35 bits per heavy atom. The molecule has 0 saturated heterocycles. The summed E-state index contributed by atoms with van der Waals surface area (Å²) in [5.74, 6) is -1.25. The largest absolute Gasteiger partial charge is 0.481 e. The normalized spacial score (nSPS) is 13.3. The Morgan fingerprint density at radius 3 is 2.65 bits per heavy atom. The number of anilines is 1. The van der Waals surface area contributed by atoms with Crippen LogP contribution in [0, 0.1) is 0 Å². The second kappa shape index (κ2) is 7.32. The van der Waals surface area contributed by atoms with E-state index >= 15 is 0 Å². The summed E-state index contributed by atoms with van der Waals surface area (Å²) < 4.78 is 0. The van der Waals surface area contributed by atoms with Gasteiger partial charge in [-0.3, -0.25) is 9.59 Å². The second-order valence-corrected chi connectivity index (χ2v) is 5.85. The minimum absolute atomic E-state index is 0.0871. The number of benzene rings is 1. The molecule has 2 rings (SSSR count).